The first-order valence-electron chi connectivity index (χ1n) is 8.34. The lowest BCUT2D eigenvalue weighted by Crippen LogP contribution is -2.34. The van der Waals surface area contributed by atoms with Gasteiger partial charge < -0.3 is 10.2 Å². The second-order valence-corrected chi connectivity index (χ2v) is 6.87. The van der Waals surface area contributed by atoms with E-state index in [4.69, 9.17) is 11.6 Å². The van der Waals surface area contributed by atoms with Crippen molar-refractivity contribution in [2.24, 2.45) is 5.92 Å². The van der Waals surface area contributed by atoms with Crippen LogP contribution in [-0.4, -0.2) is 24.0 Å². The van der Waals surface area contributed by atoms with E-state index in [1.54, 1.807) is 6.20 Å². The topological polar surface area (TPSA) is 45.2 Å². The Hall–Kier alpha value is -2.07. The van der Waals surface area contributed by atoms with E-state index in [2.05, 4.69) is 22.1 Å². The molecular formula is C19H22ClN3O. The van der Waals surface area contributed by atoms with Gasteiger partial charge in [-0.3, -0.25) is 9.78 Å². The zero-order valence-electron chi connectivity index (χ0n) is 13.8. The first-order valence-corrected chi connectivity index (χ1v) is 8.72. The molecule has 0 spiro atoms. The Balaban J connectivity index is 1.64. The number of halogens is 1. The molecule has 1 amide bonds. The van der Waals surface area contributed by atoms with Crippen LogP contribution in [0.2, 0.25) is 5.02 Å². The molecule has 1 aromatic heterocycles. The largest absolute Gasteiger partial charge is 0.370 e. The fourth-order valence-electron chi connectivity index (χ4n) is 3.04. The number of amides is 1. The number of carbonyl (C=O) groups is 1. The van der Waals surface area contributed by atoms with E-state index in [-0.39, 0.29) is 5.91 Å². The lowest BCUT2D eigenvalue weighted by atomic mass is 10.00. The molecule has 0 saturated carbocycles. The summed E-state index contributed by atoms with van der Waals surface area (Å²) in [5, 5.41) is 3.63. The number of aromatic nitrogens is 1. The van der Waals surface area contributed by atoms with Gasteiger partial charge in [0.25, 0.3) is 5.91 Å². The maximum Gasteiger partial charge on any atom is 0.253 e. The van der Waals surface area contributed by atoms with E-state index in [1.165, 1.54) is 12.8 Å². The van der Waals surface area contributed by atoms with Crippen LogP contribution in [0.5, 0.6) is 0 Å². The quantitative estimate of drug-likeness (QED) is 0.915. The van der Waals surface area contributed by atoms with Crippen LogP contribution < -0.4 is 10.2 Å². The van der Waals surface area contributed by atoms with E-state index in [0.717, 1.165) is 24.3 Å². The van der Waals surface area contributed by atoms with Crippen LogP contribution >= 0.6 is 11.6 Å². The van der Waals surface area contributed by atoms with Crippen LogP contribution in [-0.2, 0) is 6.54 Å². The van der Waals surface area contributed by atoms with Crippen LogP contribution in [0, 0.1) is 5.92 Å². The molecule has 0 radical (unpaired) electrons. The van der Waals surface area contributed by atoms with Gasteiger partial charge in [0.15, 0.2) is 0 Å². The van der Waals surface area contributed by atoms with E-state index in [0.29, 0.717) is 23.0 Å². The first kappa shape index (κ1) is 16.8. The Morgan fingerprint density at radius 2 is 2.12 bits per heavy atom. The Labute approximate surface area is 147 Å². The summed E-state index contributed by atoms with van der Waals surface area (Å²) >= 11 is 5.87. The highest BCUT2D eigenvalue weighted by Crippen LogP contribution is 2.23. The number of rotatable bonds is 4. The van der Waals surface area contributed by atoms with E-state index < -0.39 is 0 Å². The van der Waals surface area contributed by atoms with Gasteiger partial charge in [-0.05, 0) is 42.5 Å². The summed E-state index contributed by atoms with van der Waals surface area (Å²) in [7, 11) is 0. The van der Waals surface area contributed by atoms with Crippen LogP contribution in [0.3, 0.4) is 0 Å². The summed E-state index contributed by atoms with van der Waals surface area (Å²) in [4.78, 5) is 19.0. The minimum atomic E-state index is -0.107. The highest BCUT2D eigenvalue weighted by molar-refractivity contribution is 6.30. The molecule has 0 aliphatic carbocycles. The van der Waals surface area contributed by atoms with Crippen molar-refractivity contribution in [3.8, 4) is 0 Å². The molecule has 1 aliphatic heterocycles. The monoisotopic (exact) mass is 343 g/mol. The predicted molar refractivity (Wildman–Crippen MR) is 97.5 cm³/mol. The van der Waals surface area contributed by atoms with E-state index in [9.17, 15) is 4.79 Å². The summed E-state index contributed by atoms with van der Waals surface area (Å²) in [6, 6.07) is 9.40. The predicted octanol–water partition coefficient (Wildman–Crippen LogP) is 3.90. The van der Waals surface area contributed by atoms with Crippen molar-refractivity contribution in [1.29, 1.82) is 0 Å². The van der Waals surface area contributed by atoms with Crippen LogP contribution in [0.15, 0.2) is 42.7 Å². The third kappa shape index (κ3) is 4.26. The van der Waals surface area contributed by atoms with Crippen molar-refractivity contribution in [3.05, 3.63) is 58.9 Å². The van der Waals surface area contributed by atoms with Gasteiger partial charge in [0.05, 0.1) is 17.4 Å². The number of pyridine rings is 1. The number of piperidine rings is 1. The lowest BCUT2D eigenvalue weighted by Gasteiger charge is -2.32. The van der Waals surface area contributed by atoms with Crippen molar-refractivity contribution < 1.29 is 4.79 Å². The van der Waals surface area contributed by atoms with Gasteiger partial charge in [-0.15, -0.1) is 0 Å². The van der Waals surface area contributed by atoms with E-state index in [1.807, 2.05) is 36.5 Å². The molecule has 1 N–H and O–H groups in total. The fraction of sp³-hybridized carbons (Fsp3) is 0.368. The molecule has 1 saturated heterocycles. The molecule has 2 heterocycles. The van der Waals surface area contributed by atoms with Crippen LogP contribution in [0.4, 0.5) is 5.69 Å². The molecule has 1 fully saturated rings. The summed E-state index contributed by atoms with van der Waals surface area (Å²) < 4.78 is 0. The maximum absolute atomic E-state index is 12.4. The Kier molecular flexibility index (Phi) is 5.36. The Bertz CT molecular complexity index is 702. The SMILES string of the molecule is CC1CCCN(c2cncc(C(=O)NCc3ccc(Cl)cc3)c2)C1. The van der Waals surface area contributed by atoms with Crippen molar-refractivity contribution in [2.75, 3.05) is 18.0 Å². The molecule has 3 rings (SSSR count). The smallest absolute Gasteiger partial charge is 0.253 e. The summed E-state index contributed by atoms with van der Waals surface area (Å²) in [6.45, 7) is 4.79. The van der Waals surface area contributed by atoms with Gasteiger partial charge in [0.1, 0.15) is 0 Å². The van der Waals surface area contributed by atoms with E-state index >= 15 is 0 Å². The molecular weight excluding hydrogens is 322 g/mol. The van der Waals surface area contributed by atoms with Crippen LogP contribution in [0.25, 0.3) is 0 Å². The number of nitrogens with zero attached hydrogens (tertiary/aromatic N) is 2. The number of carbonyl (C=O) groups excluding carboxylic acids is 1. The Morgan fingerprint density at radius 3 is 2.88 bits per heavy atom. The maximum atomic E-state index is 12.4. The van der Waals surface area contributed by atoms with Crippen molar-refractivity contribution in [3.63, 3.8) is 0 Å². The molecule has 2 aromatic rings. The molecule has 1 unspecified atom stereocenters. The van der Waals surface area contributed by atoms with Crippen molar-refractivity contribution >= 4 is 23.2 Å². The Morgan fingerprint density at radius 1 is 1.33 bits per heavy atom. The lowest BCUT2D eigenvalue weighted by molar-refractivity contribution is 0.0950. The molecule has 1 aliphatic rings. The second kappa shape index (κ2) is 7.67. The summed E-state index contributed by atoms with van der Waals surface area (Å²) in [6.07, 6.45) is 5.92. The van der Waals surface area contributed by atoms with Gasteiger partial charge in [0.2, 0.25) is 0 Å². The van der Waals surface area contributed by atoms with Gasteiger partial charge in [0, 0.05) is 30.9 Å². The summed E-state index contributed by atoms with van der Waals surface area (Å²) in [5.41, 5.74) is 2.64. The fourth-order valence-corrected chi connectivity index (χ4v) is 3.16. The molecule has 0 bridgehead atoms. The van der Waals surface area contributed by atoms with Gasteiger partial charge in [-0.2, -0.15) is 0 Å². The van der Waals surface area contributed by atoms with Crippen molar-refractivity contribution in [1.82, 2.24) is 10.3 Å². The highest BCUT2D eigenvalue weighted by Gasteiger charge is 2.18. The average Bonchev–Trinajstić information content (AvgIpc) is 2.61. The highest BCUT2D eigenvalue weighted by atomic mass is 35.5. The van der Waals surface area contributed by atoms with Gasteiger partial charge in [-0.25, -0.2) is 0 Å². The minimum Gasteiger partial charge on any atom is -0.370 e. The number of hydrogen-bond donors (Lipinski definition) is 1. The van der Waals surface area contributed by atoms with Crippen LogP contribution in [0.1, 0.15) is 35.7 Å². The molecule has 24 heavy (non-hydrogen) atoms. The minimum absolute atomic E-state index is 0.107. The normalized spacial score (nSPS) is 17.6. The molecule has 1 atom stereocenters. The third-order valence-corrected chi connectivity index (χ3v) is 4.63. The number of benzene rings is 1. The van der Waals surface area contributed by atoms with Gasteiger partial charge in [-0.1, -0.05) is 30.7 Å². The third-order valence-electron chi connectivity index (χ3n) is 4.37. The number of hydrogen-bond acceptors (Lipinski definition) is 3. The second-order valence-electron chi connectivity index (χ2n) is 6.43. The first-order chi connectivity index (χ1) is 11.6. The molecule has 126 valence electrons. The molecule has 5 heteroatoms. The zero-order valence-corrected chi connectivity index (χ0v) is 14.6. The standard InChI is InChI=1S/C19H22ClN3O/c1-14-3-2-8-23(13-14)18-9-16(11-21-12-18)19(24)22-10-15-4-6-17(20)7-5-15/h4-7,9,11-12,14H,2-3,8,10,13H2,1H3,(H,22,24). The molecule has 1 aromatic carbocycles. The van der Waals surface area contributed by atoms with Gasteiger partial charge >= 0.3 is 0 Å². The molecule has 4 nitrogen and oxygen atoms in total. The zero-order chi connectivity index (χ0) is 16.9. The summed E-state index contributed by atoms with van der Waals surface area (Å²) in [5.74, 6) is 0.575. The average molecular weight is 344 g/mol. The number of anilines is 1. The number of nitrogens with one attached hydrogen (secondary N) is 1. The van der Waals surface area contributed by atoms with Crippen molar-refractivity contribution in [2.45, 2.75) is 26.3 Å².